The number of halogens is 1. The van der Waals surface area contributed by atoms with Crippen LogP contribution in [0, 0.1) is 0 Å². The zero-order valence-electron chi connectivity index (χ0n) is 12.1. The number of aromatic nitrogens is 1. The lowest BCUT2D eigenvalue weighted by Gasteiger charge is -2.11. The second-order valence-corrected chi connectivity index (χ2v) is 5.94. The van der Waals surface area contributed by atoms with E-state index in [1.807, 2.05) is 0 Å². The zero-order valence-corrected chi connectivity index (χ0v) is 14.5. The molecule has 0 fully saturated rings. The summed E-state index contributed by atoms with van der Waals surface area (Å²) in [6, 6.07) is 3.38. The fourth-order valence-electron chi connectivity index (χ4n) is 1.57. The van der Waals surface area contributed by atoms with Gasteiger partial charge in [0, 0.05) is 15.4 Å². The van der Waals surface area contributed by atoms with E-state index in [1.165, 1.54) is 18.4 Å². The van der Waals surface area contributed by atoms with Crippen molar-refractivity contribution in [3.05, 3.63) is 27.5 Å². The van der Waals surface area contributed by atoms with E-state index in [0.29, 0.717) is 26.9 Å². The van der Waals surface area contributed by atoms with Crippen LogP contribution < -0.4 is 26.4 Å². The van der Waals surface area contributed by atoms with Gasteiger partial charge >= 0.3 is 0 Å². The summed E-state index contributed by atoms with van der Waals surface area (Å²) in [5.41, 5.74) is 14.1. The Balaban J connectivity index is 2.13. The number of hydrogen-bond acceptors (Lipinski definition) is 8. The van der Waals surface area contributed by atoms with E-state index in [1.54, 1.807) is 23.7 Å². The van der Waals surface area contributed by atoms with Crippen molar-refractivity contribution in [1.82, 2.24) is 4.98 Å². The van der Waals surface area contributed by atoms with Crippen LogP contribution in [0.5, 0.6) is 11.5 Å². The molecular formula is C13H14BrN5O3S. The van der Waals surface area contributed by atoms with Crippen molar-refractivity contribution in [1.29, 1.82) is 0 Å². The van der Waals surface area contributed by atoms with E-state index in [4.69, 9.17) is 20.9 Å². The number of benzene rings is 1. The first kappa shape index (κ1) is 17.0. The molecule has 2 aromatic rings. The molecule has 10 heteroatoms. The van der Waals surface area contributed by atoms with Crippen LogP contribution >= 0.6 is 27.3 Å². The summed E-state index contributed by atoms with van der Waals surface area (Å²) in [7, 11) is 1.50. The van der Waals surface area contributed by atoms with Crippen molar-refractivity contribution in [2.24, 2.45) is 10.8 Å². The van der Waals surface area contributed by atoms with Gasteiger partial charge in [-0.25, -0.2) is 4.98 Å². The van der Waals surface area contributed by atoms with Gasteiger partial charge in [0.1, 0.15) is 5.82 Å². The maximum atomic E-state index is 10.8. The molecule has 0 saturated carbocycles. The lowest BCUT2D eigenvalue weighted by Crippen LogP contribution is -2.20. The SMILES string of the molecule is COc1cc(C=NNc2nc(N)cs2)c(Br)cc1OCC(N)=O. The molecule has 0 aliphatic heterocycles. The monoisotopic (exact) mass is 399 g/mol. The summed E-state index contributed by atoms with van der Waals surface area (Å²) in [6.07, 6.45) is 1.59. The standard InChI is InChI=1S/C13H14BrN5O3S/c1-21-9-2-7(4-17-19-13-18-11(15)6-23-13)8(14)3-10(9)22-5-12(16)20/h2-4,6H,5,15H2,1H3,(H2,16,20)(H,18,19). The number of thiazole rings is 1. The number of primary amides is 1. The Morgan fingerprint density at radius 2 is 2.30 bits per heavy atom. The second kappa shape index (κ2) is 7.79. The average Bonchev–Trinajstić information content (AvgIpc) is 2.92. The number of hydrogen-bond donors (Lipinski definition) is 3. The molecule has 0 saturated heterocycles. The van der Waals surface area contributed by atoms with Gasteiger partial charge in [0.2, 0.25) is 5.13 Å². The highest BCUT2D eigenvalue weighted by Gasteiger charge is 2.10. The Kier molecular flexibility index (Phi) is 5.77. The number of carbonyl (C=O) groups is 1. The van der Waals surface area contributed by atoms with Crippen LogP contribution in [0.4, 0.5) is 10.9 Å². The molecule has 2 rings (SSSR count). The molecule has 0 radical (unpaired) electrons. The Morgan fingerprint density at radius 3 is 2.91 bits per heavy atom. The topological polar surface area (TPSA) is 125 Å². The second-order valence-electron chi connectivity index (χ2n) is 4.23. The minimum atomic E-state index is -0.569. The third-order valence-corrected chi connectivity index (χ3v) is 3.99. The van der Waals surface area contributed by atoms with Gasteiger partial charge in [0.25, 0.3) is 5.91 Å². The highest BCUT2D eigenvalue weighted by atomic mass is 79.9. The summed E-state index contributed by atoms with van der Waals surface area (Å²) in [5.74, 6) is 0.720. The van der Waals surface area contributed by atoms with E-state index in [0.717, 1.165) is 5.56 Å². The Bertz CT molecular complexity index is 734. The third-order valence-electron chi connectivity index (χ3n) is 2.54. The Labute approximate surface area is 144 Å². The molecule has 0 atom stereocenters. The number of ether oxygens (including phenoxy) is 2. The van der Waals surface area contributed by atoms with Crippen molar-refractivity contribution in [3.63, 3.8) is 0 Å². The maximum absolute atomic E-state index is 10.8. The molecule has 0 spiro atoms. The van der Waals surface area contributed by atoms with Crippen molar-refractivity contribution in [2.75, 3.05) is 24.9 Å². The minimum absolute atomic E-state index is 0.233. The van der Waals surface area contributed by atoms with E-state index in [9.17, 15) is 4.79 Å². The van der Waals surface area contributed by atoms with Crippen molar-refractivity contribution >= 4 is 50.3 Å². The van der Waals surface area contributed by atoms with E-state index < -0.39 is 5.91 Å². The quantitative estimate of drug-likeness (QED) is 0.481. The first-order valence-electron chi connectivity index (χ1n) is 6.28. The van der Waals surface area contributed by atoms with Crippen LogP contribution in [-0.2, 0) is 4.79 Å². The molecule has 5 N–H and O–H groups in total. The van der Waals surface area contributed by atoms with Gasteiger partial charge in [-0.3, -0.25) is 10.2 Å². The number of rotatable bonds is 7. The van der Waals surface area contributed by atoms with Crippen molar-refractivity contribution in [2.45, 2.75) is 0 Å². The Morgan fingerprint density at radius 1 is 1.52 bits per heavy atom. The number of methoxy groups -OCH3 is 1. The lowest BCUT2D eigenvalue weighted by atomic mass is 10.2. The van der Waals surface area contributed by atoms with E-state index in [-0.39, 0.29) is 6.61 Å². The molecule has 8 nitrogen and oxygen atoms in total. The predicted octanol–water partition coefficient (Wildman–Crippen LogP) is 1.81. The minimum Gasteiger partial charge on any atom is -0.493 e. The molecule has 0 bridgehead atoms. The number of carbonyl (C=O) groups excluding carboxylic acids is 1. The molecular weight excluding hydrogens is 386 g/mol. The van der Waals surface area contributed by atoms with Gasteiger partial charge in [-0.05, 0) is 28.1 Å². The van der Waals surface area contributed by atoms with Gasteiger partial charge in [0.05, 0.1) is 13.3 Å². The first-order valence-corrected chi connectivity index (χ1v) is 7.95. The maximum Gasteiger partial charge on any atom is 0.255 e. The number of hydrazone groups is 1. The summed E-state index contributed by atoms with van der Waals surface area (Å²) in [5, 5.41) is 6.38. The fraction of sp³-hybridized carbons (Fsp3) is 0.154. The average molecular weight is 400 g/mol. The number of nitrogens with zero attached hydrogens (tertiary/aromatic N) is 2. The van der Waals surface area contributed by atoms with Crippen molar-refractivity contribution < 1.29 is 14.3 Å². The first-order chi connectivity index (χ1) is 11.0. The predicted molar refractivity (Wildman–Crippen MR) is 93.1 cm³/mol. The van der Waals surface area contributed by atoms with Crippen molar-refractivity contribution in [3.8, 4) is 11.5 Å². The van der Waals surface area contributed by atoms with Crippen LogP contribution in [0.25, 0.3) is 0 Å². The molecule has 1 heterocycles. The summed E-state index contributed by atoms with van der Waals surface area (Å²) >= 11 is 4.75. The fourth-order valence-corrected chi connectivity index (χ4v) is 2.54. The van der Waals surface area contributed by atoms with Crippen LogP contribution in [0.3, 0.4) is 0 Å². The van der Waals surface area contributed by atoms with E-state index in [2.05, 4.69) is 31.4 Å². The number of nitrogens with two attached hydrogens (primary N) is 2. The van der Waals surface area contributed by atoms with Gasteiger partial charge in [-0.1, -0.05) is 0 Å². The highest BCUT2D eigenvalue weighted by molar-refractivity contribution is 9.10. The lowest BCUT2D eigenvalue weighted by molar-refractivity contribution is -0.119. The summed E-state index contributed by atoms with van der Waals surface area (Å²) < 4.78 is 11.2. The third kappa shape index (κ3) is 4.83. The molecule has 1 aromatic heterocycles. The van der Waals surface area contributed by atoms with Gasteiger partial charge in [0.15, 0.2) is 18.1 Å². The van der Waals surface area contributed by atoms with Gasteiger partial charge in [-0.2, -0.15) is 5.10 Å². The number of amides is 1. The normalized spacial score (nSPS) is 10.7. The van der Waals surface area contributed by atoms with E-state index >= 15 is 0 Å². The largest absolute Gasteiger partial charge is 0.493 e. The number of nitrogens with one attached hydrogen (secondary N) is 1. The summed E-state index contributed by atoms with van der Waals surface area (Å²) in [4.78, 5) is 14.8. The van der Waals surface area contributed by atoms with Gasteiger partial charge < -0.3 is 20.9 Å². The highest BCUT2D eigenvalue weighted by Crippen LogP contribution is 2.33. The number of nitrogen functional groups attached to an aromatic ring is 1. The molecule has 0 aliphatic rings. The molecule has 23 heavy (non-hydrogen) atoms. The molecule has 122 valence electrons. The molecule has 0 unspecified atom stereocenters. The van der Waals surface area contributed by atoms with Crippen LogP contribution in [0.15, 0.2) is 27.1 Å². The molecule has 1 amide bonds. The summed E-state index contributed by atoms with van der Waals surface area (Å²) in [6.45, 7) is -0.233. The zero-order chi connectivity index (χ0) is 16.8. The van der Waals surface area contributed by atoms with Crippen LogP contribution in [0.2, 0.25) is 0 Å². The van der Waals surface area contributed by atoms with Gasteiger partial charge in [-0.15, -0.1) is 11.3 Å². The molecule has 1 aromatic carbocycles. The number of anilines is 2. The molecule has 0 aliphatic carbocycles. The smallest absolute Gasteiger partial charge is 0.255 e. The van der Waals surface area contributed by atoms with Crippen LogP contribution in [0.1, 0.15) is 5.56 Å². The Hall–Kier alpha value is -2.33. The van der Waals surface area contributed by atoms with Crippen LogP contribution in [-0.4, -0.2) is 30.8 Å².